The van der Waals surface area contributed by atoms with Crippen LogP contribution in [0.1, 0.15) is 64.2 Å². The van der Waals surface area contributed by atoms with E-state index in [0.717, 1.165) is 37.0 Å². The Balaban J connectivity index is 1.57. The highest BCUT2D eigenvalue weighted by molar-refractivity contribution is 5.02. The largest absolute Gasteiger partial charge is 0.328 e. The Hall–Kier alpha value is -0.480. The molecular weight excluding hydrogens is 218 g/mol. The monoisotopic (exact) mass is 245 g/mol. The van der Waals surface area contributed by atoms with E-state index < -0.39 is 0 Å². The second-order valence-electron chi connectivity index (χ2n) is 7.48. The standard InChI is InChI=1S/C17H27N/c1-2-3-4-5-16(18)12-17-9-13-6-14(10-17)8-15(7-13)11-17/h1,13-16H,3-12,18H2. The van der Waals surface area contributed by atoms with E-state index in [9.17, 15) is 0 Å². The van der Waals surface area contributed by atoms with Gasteiger partial charge in [-0.15, -0.1) is 12.3 Å². The molecule has 18 heavy (non-hydrogen) atoms. The van der Waals surface area contributed by atoms with Crippen molar-refractivity contribution in [1.29, 1.82) is 0 Å². The molecule has 0 saturated heterocycles. The summed E-state index contributed by atoms with van der Waals surface area (Å²) >= 11 is 0. The van der Waals surface area contributed by atoms with E-state index in [0.29, 0.717) is 11.5 Å². The molecule has 1 atom stereocenters. The van der Waals surface area contributed by atoms with Crippen LogP contribution in [0.3, 0.4) is 0 Å². The number of rotatable bonds is 5. The minimum absolute atomic E-state index is 0.398. The average molecular weight is 245 g/mol. The summed E-state index contributed by atoms with van der Waals surface area (Å²) in [6, 6.07) is 0.398. The molecule has 4 saturated carbocycles. The van der Waals surface area contributed by atoms with Gasteiger partial charge in [0.25, 0.3) is 0 Å². The molecule has 4 fully saturated rings. The lowest BCUT2D eigenvalue weighted by molar-refractivity contribution is -0.0606. The molecule has 0 spiro atoms. The molecule has 4 rings (SSSR count). The zero-order valence-electron chi connectivity index (χ0n) is 11.5. The van der Waals surface area contributed by atoms with Crippen LogP contribution in [0.25, 0.3) is 0 Å². The van der Waals surface area contributed by atoms with Crippen LogP contribution in [0.4, 0.5) is 0 Å². The van der Waals surface area contributed by atoms with Gasteiger partial charge in [0.2, 0.25) is 0 Å². The van der Waals surface area contributed by atoms with Crippen LogP contribution in [0.2, 0.25) is 0 Å². The maximum absolute atomic E-state index is 6.37. The van der Waals surface area contributed by atoms with E-state index in [1.54, 1.807) is 0 Å². The Morgan fingerprint density at radius 2 is 1.67 bits per heavy atom. The lowest BCUT2D eigenvalue weighted by Gasteiger charge is -2.57. The molecule has 0 aliphatic heterocycles. The maximum atomic E-state index is 6.37. The zero-order chi connectivity index (χ0) is 12.6. The summed E-state index contributed by atoms with van der Waals surface area (Å²) < 4.78 is 0. The summed E-state index contributed by atoms with van der Waals surface area (Å²) in [4.78, 5) is 0. The summed E-state index contributed by atoms with van der Waals surface area (Å²) in [6.45, 7) is 0. The Morgan fingerprint density at radius 1 is 1.11 bits per heavy atom. The molecule has 0 aromatic rings. The second kappa shape index (κ2) is 4.89. The topological polar surface area (TPSA) is 26.0 Å². The summed E-state index contributed by atoms with van der Waals surface area (Å²) in [6.07, 6.45) is 18.8. The molecule has 0 amide bonds. The van der Waals surface area contributed by atoms with Crippen molar-refractivity contribution >= 4 is 0 Å². The normalized spacial score (nSPS) is 42.8. The van der Waals surface area contributed by atoms with Crippen molar-refractivity contribution in [3.8, 4) is 12.3 Å². The van der Waals surface area contributed by atoms with Gasteiger partial charge in [0.05, 0.1) is 0 Å². The molecule has 0 aromatic carbocycles. The van der Waals surface area contributed by atoms with E-state index in [2.05, 4.69) is 5.92 Å². The molecular formula is C17H27N. The van der Waals surface area contributed by atoms with Crippen LogP contribution in [0.15, 0.2) is 0 Å². The first-order chi connectivity index (χ1) is 8.69. The van der Waals surface area contributed by atoms with Gasteiger partial charge in [-0.2, -0.15) is 0 Å². The molecule has 0 radical (unpaired) electrons. The Kier molecular flexibility index (Phi) is 3.41. The van der Waals surface area contributed by atoms with Gasteiger partial charge in [-0.25, -0.2) is 0 Å². The maximum Gasteiger partial charge on any atom is 0.00866 e. The fraction of sp³-hybridized carbons (Fsp3) is 0.882. The zero-order valence-corrected chi connectivity index (χ0v) is 11.5. The third-order valence-corrected chi connectivity index (χ3v) is 5.76. The predicted octanol–water partition coefficient (Wildman–Crippen LogP) is 3.72. The van der Waals surface area contributed by atoms with Crippen LogP contribution >= 0.6 is 0 Å². The van der Waals surface area contributed by atoms with Crippen molar-refractivity contribution < 1.29 is 0 Å². The summed E-state index contributed by atoms with van der Waals surface area (Å²) in [5.74, 6) is 5.88. The van der Waals surface area contributed by atoms with Crippen molar-refractivity contribution in [3.05, 3.63) is 0 Å². The van der Waals surface area contributed by atoms with Crippen LogP contribution in [0.5, 0.6) is 0 Å². The third-order valence-electron chi connectivity index (χ3n) is 5.76. The molecule has 1 heteroatoms. The third kappa shape index (κ3) is 2.45. The van der Waals surface area contributed by atoms with Gasteiger partial charge in [0.1, 0.15) is 0 Å². The van der Waals surface area contributed by atoms with Gasteiger partial charge < -0.3 is 5.73 Å². The number of unbranched alkanes of at least 4 members (excludes halogenated alkanes) is 1. The molecule has 0 aromatic heterocycles. The lowest BCUT2D eigenvalue weighted by Crippen LogP contribution is -2.48. The van der Waals surface area contributed by atoms with Crippen molar-refractivity contribution in [2.75, 3.05) is 0 Å². The van der Waals surface area contributed by atoms with E-state index in [1.807, 2.05) is 0 Å². The minimum atomic E-state index is 0.398. The second-order valence-corrected chi connectivity index (χ2v) is 7.48. The molecule has 100 valence electrons. The van der Waals surface area contributed by atoms with Gasteiger partial charge in [-0.05, 0) is 81.0 Å². The highest BCUT2D eigenvalue weighted by Crippen LogP contribution is 2.61. The highest BCUT2D eigenvalue weighted by atomic mass is 14.7. The average Bonchev–Trinajstić information content (AvgIpc) is 2.26. The summed E-state index contributed by atoms with van der Waals surface area (Å²) in [7, 11) is 0. The smallest absolute Gasteiger partial charge is 0.00866 e. The van der Waals surface area contributed by atoms with Gasteiger partial charge in [-0.3, -0.25) is 0 Å². The molecule has 1 nitrogen and oxygen atoms in total. The van der Waals surface area contributed by atoms with Crippen molar-refractivity contribution in [1.82, 2.24) is 0 Å². The van der Waals surface area contributed by atoms with Gasteiger partial charge in [0, 0.05) is 12.5 Å². The number of hydrogen-bond donors (Lipinski definition) is 1. The van der Waals surface area contributed by atoms with Crippen molar-refractivity contribution in [3.63, 3.8) is 0 Å². The van der Waals surface area contributed by atoms with E-state index in [4.69, 9.17) is 12.2 Å². The number of nitrogens with two attached hydrogens (primary N) is 1. The molecule has 1 unspecified atom stereocenters. The summed E-state index contributed by atoms with van der Waals surface area (Å²) in [5.41, 5.74) is 7.01. The first-order valence-electron chi connectivity index (χ1n) is 7.88. The summed E-state index contributed by atoms with van der Waals surface area (Å²) in [5, 5.41) is 0. The van der Waals surface area contributed by atoms with E-state index in [-0.39, 0.29) is 0 Å². The SMILES string of the molecule is C#CCCCC(N)CC12CC3CC(CC(C3)C1)C2. The van der Waals surface area contributed by atoms with E-state index in [1.165, 1.54) is 44.9 Å². The number of hydrogen-bond acceptors (Lipinski definition) is 1. The Bertz CT molecular complexity index is 303. The predicted molar refractivity (Wildman–Crippen MR) is 75.9 cm³/mol. The van der Waals surface area contributed by atoms with E-state index >= 15 is 0 Å². The molecule has 2 N–H and O–H groups in total. The number of terminal acetylenes is 1. The van der Waals surface area contributed by atoms with Crippen molar-refractivity contribution in [2.45, 2.75) is 70.3 Å². The molecule has 4 aliphatic carbocycles. The van der Waals surface area contributed by atoms with Crippen LogP contribution in [0, 0.1) is 35.5 Å². The van der Waals surface area contributed by atoms with Gasteiger partial charge in [0.15, 0.2) is 0 Å². The van der Waals surface area contributed by atoms with Crippen LogP contribution < -0.4 is 5.73 Å². The fourth-order valence-electron chi connectivity index (χ4n) is 5.66. The van der Waals surface area contributed by atoms with Crippen LogP contribution in [-0.2, 0) is 0 Å². The minimum Gasteiger partial charge on any atom is -0.328 e. The molecule has 0 heterocycles. The van der Waals surface area contributed by atoms with Gasteiger partial charge in [-0.1, -0.05) is 0 Å². The van der Waals surface area contributed by atoms with Crippen molar-refractivity contribution in [2.24, 2.45) is 28.9 Å². The van der Waals surface area contributed by atoms with Gasteiger partial charge >= 0.3 is 0 Å². The first kappa shape index (κ1) is 12.5. The molecule has 4 bridgehead atoms. The quantitative estimate of drug-likeness (QED) is 0.580. The molecule has 4 aliphatic rings. The first-order valence-corrected chi connectivity index (χ1v) is 7.88. The highest BCUT2D eigenvalue weighted by Gasteiger charge is 2.50. The Labute approximate surface area is 112 Å². The lowest BCUT2D eigenvalue weighted by atomic mass is 9.48. The Morgan fingerprint density at radius 3 is 2.17 bits per heavy atom. The fourth-order valence-corrected chi connectivity index (χ4v) is 5.66. The van der Waals surface area contributed by atoms with Crippen LogP contribution in [-0.4, -0.2) is 6.04 Å².